The van der Waals surface area contributed by atoms with Crippen molar-refractivity contribution in [2.45, 2.75) is 6.42 Å². The van der Waals surface area contributed by atoms with Crippen molar-refractivity contribution in [3.63, 3.8) is 0 Å². The Labute approximate surface area is 90.8 Å². The number of nitrogens with one attached hydrogen (secondary N) is 2. The van der Waals surface area contributed by atoms with Crippen molar-refractivity contribution in [1.29, 1.82) is 0 Å². The first-order valence-corrected chi connectivity index (χ1v) is 5.57. The Morgan fingerprint density at radius 2 is 1.80 bits per heavy atom. The van der Waals surface area contributed by atoms with Crippen molar-refractivity contribution in [3.05, 3.63) is 29.8 Å². The van der Waals surface area contributed by atoms with Crippen LogP contribution >= 0.6 is 0 Å². The minimum atomic E-state index is 0.889. The average Bonchev–Trinajstić information content (AvgIpc) is 2.80. The highest BCUT2D eigenvalue weighted by Gasteiger charge is 2.05. The van der Waals surface area contributed by atoms with Gasteiger partial charge in [0.15, 0.2) is 0 Å². The van der Waals surface area contributed by atoms with E-state index in [9.17, 15) is 0 Å². The fraction of sp³-hybridized carbons (Fsp3) is 0.500. The second kappa shape index (κ2) is 5.73. The van der Waals surface area contributed by atoms with Gasteiger partial charge in [0.05, 0.1) is 13.2 Å². The summed E-state index contributed by atoms with van der Waals surface area (Å²) in [5, 5.41) is 6.46. The summed E-state index contributed by atoms with van der Waals surface area (Å²) in [6.07, 6.45) is 1.19. The molecular formula is C12H18N2O. The lowest BCUT2D eigenvalue weighted by atomic mass is 10.2. The van der Waals surface area contributed by atoms with E-state index < -0.39 is 0 Å². The number of ether oxygens (including phenoxy) is 1. The van der Waals surface area contributed by atoms with E-state index >= 15 is 0 Å². The predicted molar refractivity (Wildman–Crippen MR) is 62.3 cm³/mol. The molecule has 0 spiro atoms. The molecule has 1 aromatic carbocycles. The molecule has 82 valence electrons. The van der Waals surface area contributed by atoms with Gasteiger partial charge in [-0.15, -0.1) is 0 Å². The number of hydrogen-bond donors (Lipinski definition) is 2. The Morgan fingerprint density at radius 1 is 1.00 bits per heavy atom. The molecule has 2 heterocycles. The fourth-order valence-corrected chi connectivity index (χ4v) is 1.76. The predicted octanol–water partition coefficient (Wildman–Crippen LogP) is 1.26. The van der Waals surface area contributed by atoms with Crippen LogP contribution in [0.1, 0.15) is 5.56 Å². The van der Waals surface area contributed by atoms with E-state index in [2.05, 4.69) is 34.9 Å². The molecule has 0 radical (unpaired) electrons. The second-order valence-electron chi connectivity index (χ2n) is 3.70. The maximum Gasteiger partial charge on any atom is 0.0591 e. The Morgan fingerprint density at radius 3 is 2.40 bits per heavy atom. The zero-order valence-electron chi connectivity index (χ0n) is 8.96. The van der Waals surface area contributed by atoms with Gasteiger partial charge in [-0.1, -0.05) is 18.2 Å². The molecule has 0 aromatic heterocycles. The summed E-state index contributed by atoms with van der Waals surface area (Å²) in [5.74, 6) is 0. The van der Waals surface area contributed by atoms with Crippen LogP contribution in [0, 0.1) is 0 Å². The van der Waals surface area contributed by atoms with E-state index in [1.807, 2.05) is 0 Å². The summed E-state index contributed by atoms with van der Waals surface area (Å²) in [7, 11) is 0. The quantitative estimate of drug-likeness (QED) is 0.670. The Balaban J connectivity index is 0.000000124. The monoisotopic (exact) mass is 206 g/mol. The Hall–Kier alpha value is -1.06. The fourth-order valence-electron chi connectivity index (χ4n) is 1.76. The molecule has 3 rings (SSSR count). The SMILES string of the molecule is C1COCCN1.c1ccc2c(c1)CCN2. The number of rotatable bonds is 0. The second-order valence-corrected chi connectivity index (χ2v) is 3.70. The smallest absolute Gasteiger partial charge is 0.0591 e. The molecule has 15 heavy (non-hydrogen) atoms. The van der Waals surface area contributed by atoms with Crippen LogP contribution in [0.25, 0.3) is 0 Å². The maximum absolute atomic E-state index is 5.01. The molecule has 0 unspecified atom stereocenters. The molecule has 3 heteroatoms. The Kier molecular flexibility index (Phi) is 4.00. The maximum atomic E-state index is 5.01. The summed E-state index contributed by atoms with van der Waals surface area (Å²) < 4.78 is 5.01. The van der Waals surface area contributed by atoms with Crippen LogP contribution in [-0.4, -0.2) is 32.8 Å². The molecule has 3 nitrogen and oxygen atoms in total. The van der Waals surface area contributed by atoms with Gasteiger partial charge in [0.25, 0.3) is 0 Å². The van der Waals surface area contributed by atoms with Crippen LogP contribution in [0.4, 0.5) is 5.69 Å². The minimum absolute atomic E-state index is 0.889. The topological polar surface area (TPSA) is 33.3 Å². The first kappa shape index (κ1) is 10.5. The molecule has 2 N–H and O–H groups in total. The number of hydrogen-bond acceptors (Lipinski definition) is 3. The lowest BCUT2D eigenvalue weighted by molar-refractivity contribution is 0.109. The van der Waals surface area contributed by atoms with Gasteiger partial charge < -0.3 is 15.4 Å². The summed E-state index contributed by atoms with van der Waals surface area (Å²) in [6.45, 7) is 4.94. The third-order valence-corrected chi connectivity index (χ3v) is 2.57. The first-order chi connectivity index (χ1) is 7.47. The van der Waals surface area contributed by atoms with E-state index in [0.717, 1.165) is 32.8 Å². The minimum Gasteiger partial charge on any atom is -0.384 e. The van der Waals surface area contributed by atoms with Crippen LogP contribution in [0.2, 0.25) is 0 Å². The zero-order valence-corrected chi connectivity index (χ0v) is 8.96. The van der Waals surface area contributed by atoms with Crippen LogP contribution in [-0.2, 0) is 11.2 Å². The number of anilines is 1. The van der Waals surface area contributed by atoms with Crippen LogP contribution < -0.4 is 10.6 Å². The first-order valence-electron chi connectivity index (χ1n) is 5.57. The molecule has 1 fully saturated rings. The molecule has 2 aliphatic heterocycles. The number of para-hydroxylation sites is 1. The lowest BCUT2D eigenvalue weighted by Crippen LogP contribution is -2.30. The van der Waals surface area contributed by atoms with Crippen LogP contribution in [0.3, 0.4) is 0 Å². The summed E-state index contributed by atoms with van der Waals surface area (Å²) in [4.78, 5) is 0. The van der Waals surface area contributed by atoms with E-state index in [0.29, 0.717) is 0 Å². The molecule has 0 amide bonds. The average molecular weight is 206 g/mol. The van der Waals surface area contributed by atoms with Gasteiger partial charge >= 0.3 is 0 Å². The van der Waals surface area contributed by atoms with Gasteiger partial charge in [-0.3, -0.25) is 0 Å². The lowest BCUT2D eigenvalue weighted by Gasteiger charge is -2.10. The van der Waals surface area contributed by atoms with Gasteiger partial charge in [0, 0.05) is 25.3 Å². The normalized spacial score (nSPS) is 18.4. The molecular weight excluding hydrogens is 188 g/mol. The highest BCUT2D eigenvalue weighted by molar-refractivity contribution is 5.54. The van der Waals surface area contributed by atoms with Gasteiger partial charge in [-0.05, 0) is 18.1 Å². The molecule has 0 atom stereocenters. The molecule has 0 aliphatic carbocycles. The molecule has 1 aromatic rings. The third-order valence-electron chi connectivity index (χ3n) is 2.57. The highest BCUT2D eigenvalue weighted by atomic mass is 16.5. The van der Waals surface area contributed by atoms with Crippen molar-refractivity contribution < 1.29 is 4.74 Å². The van der Waals surface area contributed by atoms with E-state index in [4.69, 9.17) is 4.74 Å². The molecule has 1 saturated heterocycles. The van der Waals surface area contributed by atoms with Crippen molar-refractivity contribution >= 4 is 5.69 Å². The van der Waals surface area contributed by atoms with Gasteiger partial charge in [0.1, 0.15) is 0 Å². The number of benzene rings is 1. The van der Waals surface area contributed by atoms with Gasteiger partial charge in [-0.25, -0.2) is 0 Å². The van der Waals surface area contributed by atoms with E-state index in [1.165, 1.54) is 17.7 Å². The summed E-state index contributed by atoms with van der Waals surface area (Å²) in [5.41, 5.74) is 2.77. The standard InChI is InChI=1S/C8H9N.C4H9NO/c1-2-4-8-7(3-1)5-6-9-8;1-3-6-4-2-5-1/h1-4,9H,5-6H2;5H,1-4H2. The number of fused-ring (bicyclic) bond motifs is 1. The van der Waals surface area contributed by atoms with Crippen molar-refractivity contribution in [2.24, 2.45) is 0 Å². The molecule has 2 aliphatic rings. The largest absolute Gasteiger partial charge is 0.384 e. The van der Waals surface area contributed by atoms with Crippen LogP contribution in [0.5, 0.6) is 0 Å². The number of morpholine rings is 1. The van der Waals surface area contributed by atoms with E-state index in [-0.39, 0.29) is 0 Å². The summed E-state index contributed by atoms with van der Waals surface area (Å²) in [6, 6.07) is 8.46. The van der Waals surface area contributed by atoms with Crippen LogP contribution in [0.15, 0.2) is 24.3 Å². The molecule has 0 bridgehead atoms. The Bertz CT molecular complexity index is 263. The zero-order chi connectivity index (χ0) is 10.3. The van der Waals surface area contributed by atoms with E-state index in [1.54, 1.807) is 0 Å². The third kappa shape index (κ3) is 3.22. The van der Waals surface area contributed by atoms with Crippen molar-refractivity contribution in [3.8, 4) is 0 Å². The van der Waals surface area contributed by atoms with Crippen molar-refractivity contribution in [2.75, 3.05) is 38.2 Å². The highest BCUT2D eigenvalue weighted by Crippen LogP contribution is 2.19. The van der Waals surface area contributed by atoms with Crippen molar-refractivity contribution in [1.82, 2.24) is 5.32 Å². The van der Waals surface area contributed by atoms with Gasteiger partial charge in [0.2, 0.25) is 0 Å². The van der Waals surface area contributed by atoms with Gasteiger partial charge in [-0.2, -0.15) is 0 Å². The molecule has 0 saturated carbocycles. The summed E-state index contributed by atoms with van der Waals surface area (Å²) >= 11 is 0.